The number of fused-ring (bicyclic) bond motifs is 1. The molecule has 0 spiro atoms. The fraction of sp³-hybridized carbons (Fsp3) is 0.750. The Labute approximate surface area is 198 Å². The summed E-state index contributed by atoms with van der Waals surface area (Å²) in [4.78, 5) is 25.8. The maximum Gasteiger partial charge on any atom is 0.308 e. The molecule has 0 saturated carbocycles. The maximum atomic E-state index is 13.4. The predicted octanol–water partition coefficient (Wildman–Crippen LogP) is 4.20. The van der Waals surface area contributed by atoms with Crippen molar-refractivity contribution in [1.82, 2.24) is 0 Å². The molecule has 0 radical (unpaired) electrons. The SMILES string of the molecule is [2H]O[C@@H]1CC(CC[C@@H]2[C@@H]3C(=C([2H])[C@]([2H])(C([2H])([2H])[2H])C([2H])([2H])C3OC(=O)[C@]([2H])(CC)C([2H])([2H])[2H])C([2H])=C([2H])[C@]2([2H])C)OC(=O)C1([2H])[2H]. The van der Waals surface area contributed by atoms with Crippen molar-refractivity contribution in [3.63, 3.8) is 0 Å². The standard InChI is InChI=1S/C24H36O5/c1-5-15(3)24(27)29-21-11-14(2)10-17-7-6-16(4)20(23(17)21)9-8-19-12-18(25)13-22(26)28-19/h6-7,10,14-16,18-21,23,25H,5,8-9,11-13H2,1-4H3/t14-,15-,16-,18+,19?,20-,21?,23-/m0/s1/i2D3,3D3,6D,7D,10D,11D2,13D2,14D,15D,16D,25D. The summed E-state index contributed by atoms with van der Waals surface area (Å²) in [5, 5.41) is 4.38. The molecule has 1 N–H and O–H groups in total. The lowest BCUT2D eigenvalue weighted by Gasteiger charge is -2.43. The van der Waals surface area contributed by atoms with Gasteiger partial charge in [0.1, 0.15) is 12.2 Å². The van der Waals surface area contributed by atoms with Crippen LogP contribution in [-0.2, 0) is 19.1 Å². The predicted molar refractivity (Wildman–Crippen MR) is 111 cm³/mol. The van der Waals surface area contributed by atoms with Gasteiger partial charge < -0.3 is 14.6 Å². The van der Waals surface area contributed by atoms with Gasteiger partial charge in [-0.05, 0) is 48.9 Å². The Bertz CT molecular complexity index is 1300. The lowest BCUT2D eigenvalue weighted by Crippen LogP contribution is -2.42. The zero-order chi connectivity index (χ0) is 35.8. The van der Waals surface area contributed by atoms with Crippen molar-refractivity contribution in [3.05, 3.63) is 23.7 Å². The Morgan fingerprint density at radius 3 is 3.21 bits per heavy atom. The summed E-state index contributed by atoms with van der Waals surface area (Å²) in [6, 6.07) is -2.86. The number of aliphatic hydroxyl groups excluding tert-OH is 1. The molecule has 3 rings (SSSR count). The molecule has 1 saturated heterocycles. The first-order chi connectivity index (χ1) is 20.6. The third-order valence-electron chi connectivity index (χ3n) is 5.25. The lowest BCUT2D eigenvalue weighted by atomic mass is 9.65. The number of esters is 2. The van der Waals surface area contributed by atoms with Crippen molar-refractivity contribution in [2.45, 2.75) is 84.3 Å². The van der Waals surface area contributed by atoms with E-state index in [-0.39, 0.29) is 19.3 Å². The summed E-state index contributed by atoms with van der Waals surface area (Å²) < 4.78 is 151. The number of ether oxygens (including phenoxy) is 2. The summed E-state index contributed by atoms with van der Waals surface area (Å²) in [5.74, 6) is -15.0. The van der Waals surface area contributed by atoms with E-state index >= 15 is 0 Å². The van der Waals surface area contributed by atoms with Crippen molar-refractivity contribution in [1.29, 1.82) is 1.43 Å². The molecule has 0 amide bonds. The first-order valence-electron chi connectivity index (χ1n) is 17.9. The van der Waals surface area contributed by atoms with Crippen LogP contribution >= 0.6 is 0 Å². The third kappa shape index (κ3) is 5.30. The molecule has 162 valence electrons. The molecule has 5 heteroatoms. The Kier molecular flexibility index (Phi) is 2.89. The highest BCUT2D eigenvalue weighted by molar-refractivity contribution is 5.72. The first-order valence-corrected chi connectivity index (χ1v) is 9.54. The van der Waals surface area contributed by atoms with Gasteiger partial charge in [0, 0.05) is 30.2 Å². The number of cyclic esters (lactones) is 1. The Hall–Kier alpha value is -1.62. The molecule has 3 aliphatic rings. The highest BCUT2D eigenvalue weighted by Gasteiger charge is 2.42. The zero-order valence-corrected chi connectivity index (χ0v) is 16.3. The van der Waals surface area contributed by atoms with Gasteiger partial charge in [-0.25, -0.2) is 0 Å². The van der Waals surface area contributed by atoms with Gasteiger partial charge in [0.25, 0.3) is 0 Å². The molecule has 2 aliphatic carbocycles. The van der Waals surface area contributed by atoms with Crippen molar-refractivity contribution in [2.75, 3.05) is 0 Å². The minimum Gasteiger partial charge on any atom is -0.462 e. The minimum atomic E-state index is -3.64. The molecule has 1 heterocycles. The van der Waals surface area contributed by atoms with Crippen LogP contribution in [0.4, 0.5) is 0 Å². The third-order valence-corrected chi connectivity index (χ3v) is 5.25. The average Bonchev–Trinajstić information content (AvgIpc) is 2.92. The zero-order valence-electron chi connectivity index (χ0n) is 33.3. The quantitative estimate of drug-likeness (QED) is 0.624. The largest absolute Gasteiger partial charge is 0.462 e. The van der Waals surface area contributed by atoms with E-state index in [2.05, 4.69) is 5.11 Å². The molecule has 29 heavy (non-hydrogen) atoms. The van der Waals surface area contributed by atoms with Crippen LogP contribution in [0.25, 0.3) is 0 Å². The lowest BCUT2D eigenvalue weighted by molar-refractivity contribution is -0.162. The molecule has 0 bridgehead atoms. The van der Waals surface area contributed by atoms with Crippen LogP contribution < -0.4 is 0 Å². The number of hydrogen-bond acceptors (Lipinski definition) is 5. The van der Waals surface area contributed by atoms with E-state index in [0.717, 1.165) is 0 Å². The van der Waals surface area contributed by atoms with Crippen LogP contribution in [0.3, 0.4) is 0 Å². The maximum absolute atomic E-state index is 13.4. The van der Waals surface area contributed by atoms with Crippen LogP contribution in [0.5, 0.6) is 0 Å². The van der Waals surface area contributed by atoms with Crippen LogP contribution in [0.2, 0.25) is 0 Å². The second-order valence-corrected chi connectivity index (χ2v) is 7.25. The monoisotopic (exact) mass is 421 g/mol. The van der Waals surface area contributed by atoms with Crippen LogP contribution in [0, 0.1) is 29.5 Å². The van der Waals surface area contributed by atoms with E-state index in [1.54, 1.807) is 0 Å². The summed E-state index contributed by atoms with van der Waals surface area (Å²) >= 11 is 0. The summed E-state index contributed by atoms with van der Waals surface area (Å²) in [5.41, 5.74) is -0.677. The molecule has 8 atom stereocenters. The molecular formula is C24H36O5. The Morgan fingerprint density at radius 2 is 2.48 bits per heavy atom. The van der Waals surface area contributed by atoms with E-state index < -0.39 is 116 Å². The van der Waals surface area contributed by atoms with Crippen LogP contribution in [0.15, 0.2) is 23.7 Å². The molecule has 5 nitrogen and oxygen atoms in total. The number of hydrogen-bond donors (Lipinski definition) is 1. The fourth-order valence-corrected chi connectivity index (χ4v) is 3.73. The van der Waals surface area contributed by atoms with Gasteiger partial charge in [0.15, 0.2) is 0 Å². The van der Waals surface area contributed by atoms with E-state index in [4.69, 9.17) is 32.8 Å². The Balaban J connectivity index is 2.26. The number of carbonyl (C=O) groups is 2. The Morgan fingerprint density at radius 1 is 1.62 bits per heavy atom. The second kappa shape index (κ2) is 9.46. The summed E-state index contributed by atoms with van der Waals surface area (Å²) in [7, 11) is 0. The van der Waals surface area contributed by atoms with Gasteiger partial charge in [-0.2, -0.15) is 0 Å². The van der Waals surface area contributed by atoms with Crippen molar-refractivity contribution in [3.8, 4) is 0 Å². The van der Waals surface area contributed by atoms with E-state index in [9.17, 15) is 9.59 Å². The summed E-state index contributed by atoms with van der Waals surface area (Å²) in [6.45, 7) is -4.59. The molecule has 0 aromatic heterocycles. The van der Waals surface area contributed by atoms with Crippen LogP contribution in [-0.4, -0.2) is 36.8 Å². The first kappa shape index (κ1) is 8.86. The normalized spacial score (nSPS) is 57.9. The van der Waals surface area contributed by atoms with Crippen molar-refractivity contribution >= 4 is 11.9 Å². The molecule has 0 aromatic rings. The second-order valence-electron chi connectivity index (χ2n) is 7.25. The molecule has 2 unspecified atom stereocenters. The number of aliphatic hydroxyl groups is 1. The highest BCUT2D eigenvalue weighted by atomic mass is 16.5. The fourth-order valence-electron chi connectivity index (χ4n) is 3.73. The van der Waals surface area contributed by atoms with Crippen molar-refractivity contribution < 1.29 is 46.1 Å². The topological polar surface area (TPSA) is 72.8 Å². The van der Waals surface area contributed by atoms with Gasteiger partial charge in [-0.3, -0.25) is 9.59 Å². The van der Waals surface area contributed by atoms with E-state index in [1.165, 1.54) is 13.8 Å². The molecular weight excluding hydrogens is 368 g/mol. The molecule has 1 fully saturated rings. The minimum absolute atomic E-state index is 0.236. The van der Waals surface area contributed by atoms with Gasteiger partial charge in [-0.1, -0.05) is 45.7 Å². The van der Waals surface area contributed by atoms with Gasteiger partial charge >= 0.3 is 11.9 Å². The molecule has 0 aromatic carbocycles. The molecule has 1 aliphatic heterocycles. The van der Waals surface area contributed by atoms with Gasteiger partial charge in [0.2, 0.25) is 1.43 Å². The number of rotatable bonds is 7. The van der Waals surface area contributed by atoms with Gasteiger partial charge in [0.05, 0.1) is 22.5 Å². The number of carbonyl (C=O) groups excluding carboxylic acids is 2. The van der Waals surface area contributed by atoms with Crippen LogP contribution in [0.1, 0.15) is 87.9 Å². The van der Waals surface area contributed by atoms with E-state index in [1.807, 2.05) is 0 Å². The highest BCUT2D eigenvalue weighted by Crippen LogP contribution is 2.45. The van der Waals surface area contributed by atoms with Crippen molar-refractivity contribution in [2.24, 2.45) is 29.5 Å². The van der Waals surface area contributed by atoms with E-state index in [0.29, 0.717) is 0 Å². The smallest absolute Gasteiger partial charge is 0.308 e. The average molecular weight is 422 g/mol. The number of allylic oxidation sites excluding steroid dienone is 3. The van der Waals surface area contributed by atoms with Gasteiger partial charge in [-0.15, -0.1) is 0 Å². The summed E-state index contributed by atoms with van der Waals surface area (Å²) in [6.07, 6.45) is -12.8.